The van der Waals surface area contributed by atoms with E-state index in [-0.39, 0.29) is 17.9 Å². The second kappa shape index (κ2) is 8.94. The predicted octanol–water partition coefficient (Wildman–Crippen LogP) is 4.38. The Hall–Kier alpha value is -2.12. The molecule has 1 amide bonds. The first-order valence-electron chi connectivity index (χ1n) is 10.1. The van der Waals surface area contributed by atoms with Gasteiger partial charge in [-0.3, -0.25) is 15.2 Å². The molecule has 1 fully saturated rings. The molecule has 158 valence electrons. The molecular weight excluding hydrogens is 423 g/mol. The third kappa shape index (κ3) is 4.18. The van der Waals surface area contributed by atoms with Crippen molar-refractivity contribution in [2.75, 3.05) is 11.6 Å². The molecule has 0 aromatic heterocycles. The Morgan fingerprint density at radius 1 is 1.13 bits per heavy atom. The molecule has 2 aromatic rings. The van der Waals surface area contributed by atoms with E-state index in [0.29, 0.717) is 28.7 Å². The van der Waals surface area contributed by atoms with Crippen molar-refractivity contribution in [1.29, 1.82) is 0 Å². The minimum absolute atomic E-state index is 0.204. The molecule has 1 saturated heterocycles. The van der Waals surface area contributed by atoms with Crippen molar-refractivity contribution in [3.63, 3.8) is 0 Å². The number of piperidine rings is 1. The highest BCUT2D eigenvalue weighted by atomic mass is 35.5. The molecule has 0 bridgehead atoms. The van der Waals surface area contributed by atoms with Gasteiger partial charge < -0.3 is 5.11 Å². The SMILES string of the molecule is CC1C(C(=O)NN2CCCCC2O)=NN(c2ccccc2Cl)C1c1ccc(Cl)cc1. The van der Waals surface area contributed by atoms with Gasteiger partial charge in [0.05, 0.1) is 16.8 Å². The van der Waals surface area contributed by atoms with E-state index in [2.05, 4.69) is 10.5 Å². The zero-order valence-corrected chi connectivity index (χ0v) is 18.1. The number of benzene rings is 2. The number of carbonyl (C=O) groups is 1. The van der Waals surface area contributed by atoms with Gasteiger partial charge in [0.1, 0.15) is 11.9 Å². The Labute approximate surface area is 186 Å². The maximum Gasteiger partial charge on any atom is 0.282 e. The van der Waals surface area contributed by atoms with Crippen molar-refractivity contribution in [3.05, 3.63) is 64.1 Å². The van der Waals surface area contributed by atoms with Crippen LogP contribution in [-0.4, -0.2) is 34.5 Å². The van der Waals surface area contributed by atoms with Crippen LogP contribution in [0.4, 0.5) is 5.69 Å². The molecule has 3 atom stereocenters. The Morgan fingerprint density at radius 2 is 1.87 bits per heavy atom. The first kappa shape index (κ1) is 21.1. The minimum Gasteiger partial charge on any atom is -0.377 e. The molecule has 2 aliphatic rings. The third-order valence-corrected chi connectivity index (χ3v) is 6.22. The number of hydrogen-bond acceptors (Lipinski definition) is 5. The lowest BCUT2D eigenvalue weighted by atomic mass is 9.91. The number of hydrazine groups is 1. The number of hydrogen-bond donors (Lipinski definition) is 2. The molecule has 8 heteroatoms. The summed E-state index contributed by atoms with van der Waals surface area (Å²) in [4.78, 5) is 13.1. The van der Waals surface area contributed by atoms with Crippen LogP contribution in [0.1, 0.15) is 37.8 Å². The van der Waals surface area contributed by atoms with Crippen LogP contribution in [0.5, 0.6) is 0 Å². The number of nitrogens with zero attached hydrogens (tertiary/aromatic N) is 3. The number of aliphatic hydroxyl groups excluding tert-OH is 1. The molecule has 3 unspecified atom stereocenters. The Balaban J connectivity index is 1.67. The molecule has 0 aliphatic carbocycles. The van der Waals surface area contributed by atoms with Gasteiger partial charge in [0, 0.05) is 17.5 Å². The highest BCUT2D eigenvalue weighted by Crippen LogP contribution is 2.41. The first-order chi connectivity index (χ1) is 14.5. The first-order valence-corrected chi connectivity index (χ1v) is 10.8. The van der Waals surface area contributed by atoms with Gasteiger partial charge in [0.2, 0.25) is 0 Å². The molecule has 0 saturated carbocycles. The monoisotopic (exact) mass is 446 g/mol. The van der Waals surface area contributed by atoms with Crippen molar-refractivity contribution in [3.8, 4) is 0 Å². The normalized spacial score (nSPS) is 24.6. The fourth-order valence-electron chi connectivity index (χ4n) is 4.05. The largest absolute Gasteiger partial charge is 0.377 e. The average molecular weight is 447 g/mol. The second-order valence-electron chi connectivity index (χ2n) is 7.68. The summed E-state index contributed by atoms with van der Waals surface area (Å²) in [7, 11) is 0. The highest BCUT2D eigenvalue weighted by Gasteiger charge is 2.40. The number of hydrazone groups is 1. The molecule has 2 N–H and O–H groups in total. The van der Waals surface area contributed by atoms with E-state index in [1.54, 1.807) is 16.1 Å². The number of carbonyl (C=O) groups excluding carboxylic acids is 1. The van der Waals surface area contributed by atoms with Gasteiger partial charge in [-0.2, -0.15) is 10.1 Å². The summed E-state index contributed by atoms with van der Waals surface area (Å²) in [6.45, 7) is 2.59. The molecule has 2 heterocycles. The van der Waals surface area contributed by atoms with E-state index in [1.807, 2.05) is 49.4 Å². The molecule has 0 spiro atoms. The van der Waals surface area contributed by atoms with Crippen molar-refractivity contribution in [1.82, 2.24) is 10.4 Å². The minimum atomic E-state index is -0.674. The number of nitrogens with one attached hydrogen (secondary N) is 1. The van der Waals surface area contributed by atoms with E-state index >= 15 is 0 Å². The van der Waals surface area contributed by atoms with Crippen molar-refractivity contribution in [2.24, 2.45) is 11.0 Å². The summed E-state index contributed by atoms with van der Waals surface area (Å²) in [5.74, 6) is -0.513. The van der Waals surface area contributed by atoms with E-state index in [1.165, 1.54) is 0 Å². The van der Waals surface area contributed by atoms with Gasteiger partial charge in [-0.1, -0.05) is 54.4 Å². The molecule has 6 nitrogen and oxygen atoms in total. The summed E-state index contributed by atoms with van der Waals surface area (Å²) in [5, 5.41) is 19.5. The van der Waals surface area contributed by atoms with Gasteiger partial charge in [-0.05, 0) is 49.1 Å². The molecule has 2 aliphatic heterocycles. The van der Waals surface area contributed by atoms with E-state index in [9.17, 15) is 9.90 Å². The summed E-state index contributed by atoms with van der Waals surface area (Å²) < 4.78 is 0. The average Bonchev–Trinajstić information content (AvgIpc) is 3.08. The number of amides is 1. The quantitative estimate of drug-likeness (QED) is 0.730. The third-order valence-electron chi connectivity index (χ3n) is 5.64. The second-order valence-corrected chi connectivity index (χ2v) is 8.52. The summed E-state index contributed by atoms with van der Waals surface area (Å²) in [6.07, 6.45) is 1.84. The standard InChI is InChI=1S/C22H24Cl2N4O2/c1-14-20(22(30)26-27-13-5-4-8-19(27)29)25-28(18-7-3-2-6-17(18)24)21(14)15-9-11-16(23)12-10-15/h2-3,6-7,9-12,14,19,21,29H,4-5,8,13H2,1H3,(H,26,30). The van der Waals surface area contributed by atoms with Crippen molar-refractivity contribution in [2.45, 2.75) is 38.5 Å². The Morgan fingerprint density at radius 3 is 2.57 bits per heavy atom. The summed E-state index contributed by atoms with van der Waals surface area (Å²) >= 11 is 12.5. The highest BCUT2D eigenvalue weighted by molar-refractivity contribution is 6.40. The van der Waals surface area contributed by atoms with Gasteiger partial charge in [-0.15, -0.1) is 0 Å². The number of para-hydroxylation sites is 1. The van der Waals surface area contributed by atoms with E-state index < -0.39 is 6.23 Å². The van der Waals surface area contributed by atoms with Crippen LogP contribution in [-0.2, 0) is 4.79 Å². The van der Waals surface area contributed by atoms with Crippen LogP contribution >= 0.6 is 23.2 Å². The van der Waals surface area contributed by atoms with Crippen LogP contribution in [0.3, 0.4) is 0 Å². The van der Waals surface area contributed by atoms with Gasteiger partial charge in [0.25, 0.3) is 5.91 Å². The molecule has 2 aromatic carbocycles. The van der Waals surface area contributed by atoms with E-state index in [4.69, 9.17) is 23.2 Å². The zero-order chi connectivity index (χ0) is 21.3. The summed E-state index contributed by atoms with van der Waals surface area (Å²) in [5.41, 5.74) is 4.95. The smallest absolute Gasteiger partial charge is 0.282 e. The van der Waals surface area contributed by atoms with Gasteiger partial charge >= 0.3 is 0 Å². The lowest BCUT2D eigenvalue weighted by Gasteiger charge is -2.32. The van der Waals surface area contributed by atoms with Crippen molar-refractivity contribution < 1.29 is 9.90 Å². The van der Waals surface area contributed by atoms with Crippen LogP contribution in [0.2, 0.25) is 10.0 Å². The molecule has 30 heavy (non-hydrogen) atoms. The number of anilines is 1. The Bertz CT molecular complexity index is 950. The number of rotatable bonds is 4. The van der Waals surface area contributed by atoms with Crippen LogP contribution in [0, 0.1) is 5.92 Å². The maximum atomic E-state index is 13.1. The van der Waals surface area contributed by atoms with Crippen LogP contribution < -0.4 is 10.4 Å². The lowest BCUT2D eigenvalue weighted by molar-refractivity contribution is -0.128. The van der Waals surface area contributed by atoms with E-state index in [0.717, 1.165) is 24.1 Å². The lowest BCUT2D eigenvalue weighted by Crippen LogP contribution is -2.53. The van der Waals surface area contributed by atoms with Gasteiger partial charge in [0.15, 0.2) is 0 Å². The van der Waals surface area contributed by atoms with Gasteiger partial charge in [-0.25, -0.2) is 0 Å². The topological polar surface area (TPSA) is 68.2 Å². The predicted molar refractivity (Wildman–Crippen MR) is 119 cm³/mol. The molecule has 4 rings (SSSR count). The van der Waals surface area contributed by atoms with Crippen LogP contribution in [0.15, 0.2) is 53.6 Å². The summed E-state index contributed by atoms with van der Waals surface area (Å²) in [6, 6.07) is 14.8. The molecule has 0 radical (unpaired) electrons. The van der Waals surface area contributed by atoms with Crippen LogP contribution in [0.25, 0.3) is 0 Å². The number of aliphatic hydroxyl groups is 1. The fourth-order valence-corrected chi connectivity index (χ4v) is 4.39. The maximum absolute atomic E-state index is 13.1. The molecular formula is C22H24Cl2N4O2. The van der Waals surface area contributed by atoms with Crippen molar-refractivity contribution >= 4 is 40.5 Å². The fraction of sp³-hybridized carbons (Fsp3) is 0.364. The number of halogens is 2. The Kier molecular flexibility index (Phi) is 6.29. The zero-order valence-electron chi connectivity index (χ0n) is 16.6.